The molecule has 0 spiro atoms. The van der Waals surface area contributed by atoms with Crippen molar-refractivity contribution in [1.29, 1.82) is 0 Å². The summed E-state index contributed by atoms with van der Waals surface area (Å²) >= 11 is 0. The molecule has 1 atom stereocenters. The van der Waals surface area contributed by atoms with E-state index in [1.165, 1.54) is 11.8 Å². The minimum Gasteiger partial charge on any atom is -0.484 e. The van der Waals surface area contributed by atoms with Crippen molar-refractivity contribution in [2.45, 2.75) is 32.6 Å². The number of ether oxygens (including phenoxy) is 1. The molecule has 1 amide bonds. The molecule has 2 N–H and O–H groups in total. The SMILES string of the molecule is CCNC(=O)COc1cccc(CNC(=NC)N2CCN(C(C)C(F)(F)F)CC2)c1.I. The Morgan fingerprint density at radius 3 is 2.48 bits per heavy atom. The van der Waals surface area contributed by atoms with Gasteiger partial charge in [-0.1, -0.05) is 12.1 Å². The predicted molar refractivity (Wildman–Crippen MR) is 125 cm³/mol. The maximum absolute atomic E-state index is 12.9. The van der Waals surface area contributed by atoms with E-state index in [1.54, 1.807) is 13.1 Å². The number of likely N-dealkylation sites (N-methyl/N-ethyl adjacent to an activating group) is 1. The van der Waals surface area contributed by atoms with Crippen molar-refractivity contribution >= 4 is 35.8 Å². The number of halogens is 4. The molecule has 1 heterocycles. The molecule has 0 bridgehead atoms. The lowest BCUT2D eigenvalue weighted by Crippen LogP contribution is -2.56. The number of benzene rings is 1. The van der Waals surface area contributed by atoms with E-state index in [0.717, 1.165) is 5.56 Å². The van der Waals surface area contributed by atoms with Crippen molar-refractivity contribution in [3.8, 4) is 5.75 Å². The molecule has 176 valence electrons. The second kappa shape index (κ2) is 12.9. The number of aliphatic imine (C=N–C) groups is 1. The van der Waals surface area contributed by atoms with E-state index in [9.17, 15) is 18.0 Å². The van der Waals surface area contributed by atoms with E-state index in [1.807, 2.05) is 30.0 Å². The van der Waals surface area contributed by atoms with Crippen LogP contribution in [0.25, 0.3) is 0 Å². The quantitative estimate of drug-likeness (QED) is 0.307. The number of carbonyl (C=O) groups excluding carboxylic acids is 1. The molecule has 0 aromatic heterocycles. The maximum atomic E-state index is 12.9. The molecule has 1 aromatic rings. The van der Waals surface area contributed by atoms with Gasteiger partial charge in [0, 0.05) is 46.3 Å². The summed E-state index contributed by atoms with van der Waals surface area (Å²) in [5, 5.41) is 5.91. The third-order valence-corrected chi connectivity index (χ3v) is 4.94. The fourth-order valence-electron chi connectivity index (χ4n) is 3.18. The van der Waals surface area contributed by atoms with E-state index < -0.39 is 12.2 Å². The Morgan fingerprint density at radius 2 is 1.90 bits per heavy atom. The number of piperazine rings is 1. The van der Waals surface area contributed by atoms with Crippen LogP contribution in [-0.4, -0.2) is 80.3 Å². The van der Waals surface area contributed by atoms with Crippen molar-refractivity contribution in [2.75, 3.05) is 46.4 Å². The monoisotopic (exact) mass is 557 g/mol. The third-order valence-electron chi connectivity index (χ3n) is 4.94. The number of alkyl halides is 3. The number of hydrogen-bond acceptors (Lipinski definition) is 4. The second-order valence-electron chi connectivity index (χ2n) is 7.03. The maximum Gasteiger partial charge on any atom is 0.403 e. The fourth-order valence-corrected chi connectivity index (χ4v) is 3.18. The van der Waals surface area contributed by atoms with Gasteiger partial charge < -0.3 is 20.3 Å². The van der Waals surface area contributed by atoms with Gasteiger partial charge >= 0.3 is 6.18 Å². The normalized spacial score (nSPS) is 16.3. The standard InChI is InChI=1S/C20H30F3N5O2.HI/c1-4-25-18(29)14-30-17-7-5-6-16(12-17)13-26-19(24-3)28-10-8-27(9-11-28)15(2)20(21,22)23;/h5-7,12,15H,4,8-11,13-14H2,1-3H3,(H,24,26)(H,25,29);1H. The van der Waals surface area contributed by atoms with Crippen molar-refractivity contribution in [2.24, 2.45) is 4.99 Å². The van der Waals surface area contributed by atoms with Gasteiger partial charge in [-0.3, -0.25) is 14.7 Å². The number of nitrogens with one attached hydrogen (secondary N) is 2. The van der Waals surface area contributed by atoms with Crippen molar-refractivity contribution in [3.05, 3.63) is 29.8 Å². The minimum absolute atomic E-state index is 0. The Morgan fingerprint density at radius 1 is 1.23 bits per heavy atom. The van der Waals surface area contributed by atoms with Gasteiger partial charge in [0.25, 0.3) is 5.91 Å². The highest BCUT2D eigenvalue weighted by Gasteiger charge is 2.41. The molecule has 1 aliphatic heterocycles. The zero-order valence-electron chi connectivity index (χ0n) is 18.0. The summed E-state index contributed by atoms with van der Waals surface area (Å²) in [5.41, 5.74) is 0.939. The summed E-state index contributed by atoms with van der Waals surface area (Å²) in [6, 6.07) is 5.92. The highest BCUT2D eigenvalue weighted by molar-refractivity contribution is 14.0. The van der Waals surface area contributed by atoms with Crippen LogP contribution < -0.4 is 15.4 Å². The average molecular weight is 557 g/mol. The number of nitrogens with zero attached hydrogens (tertiary/aromatic N) is 3. The Bertz CT molecular complexity index is 725. The molecule has 0 aliphatic carbocycles. The molecular weight excluding hydrogens is 526 g/mol. The fraction of sp³-hybridized carbons (Fsp3) is 0.600. The summed E-state index contributed by atoms with van der Waals surface area (Å²) in [6.45, 7) is 5.60. The summed E-state index contributed by atoms with van der Waals surface area (Å²) in [4.78, 5) is 19.2. The van der Waals surface area contributed by atoms with Gasteiger partial charge in [-0.25, -0.2) is 0 Å². The molecule has 1 fully saturated rings. The molecule has 2 rings (SSSR count). The van der Waals surface area contributed by atoms with Gasteiger partial charge in [-0.05, 0) is 31.5 Å². The van der Waals surface area contributed by atoms with Crippen LogP contribution in [0.4, 0.5) is 13.2 Å². The largest absolute Gasteiger partial charge is 0.484 e. The Balaban J connectivity index is 0.00000480. The number of carbonyl (C=O) groups is 1. The summed E-state index contributed by atoms with van der Waals surface area (Å²) in [5.74, 6) is 1.05. The van der Waals surface area contributed by atoms with Gasteiger partial charge in [0.1, 0.15) is 11.8 Å². The molecule has 1 aliphatic rings. The summed E-state index contributed by atoms with van der Waals surface area (Å²) in [7, 11) is 1.65. The van der Waals surface area contributed by atoms with Crippen LogP contribution in [0.5, 0.6) is 5.75 Å². The lowest BCUT2D eigenvalue weighted by atomic mass is 10.2. The smallest absolute Gasteiger partial charge is 0.403 e. The van der Waals surface area contributed by atoms with Crippen LogP contribution in [0.15, 0.2) is 29.3 Å². The molecule has 1 saturated heterocycles. The zero-order valence-corrected chi connectivity index (χ0v) is 20.4. The third kappa shape index (κ3) is 8.71. The van der Waals surface area contributed by atoms with Gasteiger partial charge in [0.2, 0.25) is 0 Å². The predicted octanol–water partition coefficient (Wildman–Crippen LogP) is 2.46. The first kappa shape index (κ1) is 27.3. The van der Waals surface area contributed by atoms with Gasteiger partial charge in [0.05, 0.1) is 0 Å². The van der Waals surface area contributed by atoms with Crippen LogP contribution in [-0.2, 0) is 11.3 Å². The summed E-state index contributed by atoms with van der Waals surface area (Å²) < 4.78 is 44.2. The summed E-state index contributed by atoms with van der Waals surface area (Å²) in [6.07, 6.45) is -4.22. The molecular formula is C20H31F3IN5O2. The minimum atomic E-state index is -4.22. The average Bonchev–Trinajstić information content (AvgIpc) is 2.72. The van der Waals surface area contributed by atoms with Gasteiger partial charge in [-0.2, -0.15) is 13.2 Å². The number of guanidine groups is 1. The lowest BCUT2D eigenvalue weighted by Gasteiger charge is -2.39. The lowest BCUT2D eigenvalue weighted by molar-refractivity contribution is -0.181. The van der Waals surface area contributed by atoms with Crippen LogP contribution in [0.1, 0.15) is 19.4 Å². The number of rotatable bonds is 7. The number of amides is 1. The molecule has 0 radical (unpaired) electrons. The van der Waals surface area contributed by atoms with E-state index in [-0.39, 0.29) is 36.5 Å². The van der Waals surface area contributed by atoms with Crippen LogP contribution in [0.3, 0.4) is 0 Å². The van der Waals surface area contributed by atoms with Crippen molar-refractivity contribution in [1.82, 2.24) is 20.4 Å². The van der Waals surface area contributed by atoms with Gasteiger partial charge in [-0.15, -0.1) is 24.0 Å². The Labute approximate surface area is 198 Å². The first-order valence-electron chi connectivity index (χ1n) is 9.99. The number of hydrogen-bond donors (Lipinski definition) is 2. The van der Waals surface area contributed by atoms with Crippen molar-refractivity contribution < 1.29 is 22.7 Å². The topological polar surface area (TPSA) is 69.2 Å². The van der Waals surface area contributed by atoms with E-state index in [4.69, 9.17) is 4.74 Å². The highest BCUT2D eigenvalue weighted by Crippen LogP contribution is 2.25. The zero-order chi connectivity index (χ0) is 22.1. The van der Waals surface area contributed by atoms with E-state index in [2.05, 4.69) is 15.6 Å². The second-order valence-corrected chi connectivity index (χ2v) is 7.03. The van der Waals surface area contributed by atoms with Crippen molar-refractivity contribution in [3.63, 3.8) is 0 Å². The first-order valence-corrected chi connectivity index (χ1v) is 9.99. The molecule has 31 heavy (non-hydrogen) atoms. The molecule has 11 heteroatoms. The van der Waals surface area contributed by atoms with E-state index in [0.29, 0.717) is 51.0 Å². The first-order chi connectivity index (χ1) is 14.2. The Hall–Kier alpha value is -1.76. The Kier molecular flexibility index (Phi) is 11.4. The molecule has 1 aromatic carbocycles. The molecule has 0 saturated carbocycles. The van der Waals surface area contributed by atoms with E-state index >= 15 is 0 Å². The molecule has 1 unspecified atom stereocenters. The van der Waals surface area contributed by atoms with Gasteiger partial charge in [0.15, 0.2) is 12.6 Å². The van der Waals surface area contributed by atoms with Crippen LogP contribution in [0.2, 0.25) is 0 Å². The highest BCUT2D eigenvalue weighted by atomic mass is 127. The van der Waals surface area contributed by atoms with Crippen LogP contribution in [0, 0.1) is 0 Å². The van der Waals surface area contributed by atoms with Crippen LogP contribution >= 0.6 is 24.0 Å². The molecule has 7 nitrogen and oxygen atoms in total.